The summed E-state index contributed by atoms with van der Waals surface area (Å²) in [6.45, 7) is 0. The Hall–Kier alpha value is -2.89. The Morgan fingerprint density at radius 3 is 2.70 bits per heavy atom. The summed E-state index contributed by atoms with van der Waals surface area (Å²) >= 11 is 0. The van der Waals surface area contributed by atoms with E-state index in [1.54, 1.807) is 49.8 Å². The maximum absolute atomic E-state index is 5.90. The zero-order chi connectivity index (χ0) is 13.9. The number of ether oxygens (including phenoxy) is 2. The first-order chi connectivity index (χ1) is 9.76. The van der Waals surface area contributed by atoms with Crippen LogP contribution in [0.4, 0.5) is 5.69 Å². The van der Waals surface area contributed by atoms with Crippen LogP contribution in [0.2, 0.25) is 0 Å². The molecule has 0 radical (unpaired) electrons. The number of nitrogens with zero attached hydrogens (tertiary/aromatic N) is 3. The number of nitrogens with two attached hydrogens (primary N) is 1. The Labute approximate surface area is 115 Å². The van der Waals surface area contributed by atoms with Crippen LogP contribution < -0.4 is 15.2 Å². The van der Waals surface area contributed by atoms with Gasteiger partial charge in [-0.1, -0.05) is 0 Å². The molecule has 2 N–H and O–H groups in total. The van der Waals surface area contributed by atoms with Crippen LogP contribution in [0.25, 0.3) is 11.2 Å². The van der Waals surface area contributed by atoms with Crippen LogP contribution in [0.1, 0.15) is 0 Å². The molecule has 0 aliphatic carbocycles. The molecule has 0 spiro atoms. The molecule has 2 aromatic heterocycles. The predicted molar refractivity (Wildman–Crippen MR) is 74.8 cm³/mol. The van der Waals surface area contributed by atoms with Gasteiger partial charge in [0.15, 0.2) is 11.4 Å². The van der Waals surface area contributed by atoms with E-state index in [0.717, 1.165) is 0 Å². The first-order valence-electron chi connectivity index (χ1n) is 5.95. The molecule has 0 unspecified atom stereocenters. The Morgan fingerprint density at radius 1 is 1.05 bits per heavy atom. The number of hydrogen-bond acceptors (Lipinski definition) is 6. The van der Waals surface area contributed by atoms with Crippen molar-refractivity contribution in [2.24, 2.45) is 0 Å². The molecule has 2 heterocycles. The van der Waals surface area contributed by atoms with Crippen LogP contribution >= 0.6 is 0 Å². The minimum atomic E-state index is 0.412. The van der Waals surface area contributed by atoms with Crippen molar-refractivity contribution in [1.82, 2.24) is 15.0 Å². The summed E-state index contributed by atoms with van der Waals surface area (Å²) in [6.07, 6.45) is 3.20. The van der Waals surface area contributed by atoms with Gasteiger partial charge in [-0.05, 0) is 18.2 Å². The summed E-state index contributed by atoms with van der Waals surface area (Å²) in [5.74, 6) is 1.60. The van der Waals surface area contributed by atoms with E-state index in [-0.39, 0.29) is 0 Å². The average molecular weight is 268 g/mol. The zero-order valence-electron chi connectivity index (χ0n) is 10.8. The van der Waals surface area contributed by atoms with E-state index in [2.05, 4.69) is 15.0 Å². The SMILES string of the molecule is COc1ccc(Oc2ccc3nccnc3n2)c(N)c1. The lowest BCUT2D eigenvalue weighted by Crippen LogP contribution is -1.95. The molecule has 6 nitrogen and oxygen atoms in total. The Kier molecular flexibility index (Phi) is 3.04. The van der Waals surface area contributed by atoms with E-state index >= 15 is 0 Å². The van der Waals surface area contributed by atoms with Gasteiger partial charge in [-0.15, -0.1) is 0 Å². The quantitative estimate of drug-likeness (QED) is 0.734. The molecule has 100 valence electrons. The maximum Gasteiger partial charge on any atom is 0.221 e. The van der Waals surface area contributed by atoms with Crippen molar-refractivity contribution in [2.75, 3.05) is 12.8 Å². The van der Waals surface area contributed by atoms with Crippen molar-refractivity contribution in [2.45, 2.75) is 0 Å². The molecular formula is C14H12N4O2. The van der Waals surface area contributed by atoms with Gasteiger partial charge >= 0.3 is 0 Å². The van der Waals surface area contributed by atoms with Crippen LogP contribution in [0.5, 0.6) is 17.4 Å². The molecule has 6 heteroatoms. The van der Waals surface area contributed by atoms with Crippen molar-refractivity contribution >= 4 is 16.9 Å². The second-order valence-electron chi connectivity index (χ2n) is 4.05. The number of benzene rings is 1. The number of hydrogen-bond donors (Lipinski definition) is 1. The molecule has 0 aliphatic heterocycles. The van der Waals surface area contributed by atoms with Gasteiger partial charge in [0.25, 0.3) is 0 Å². The number of anilines is 1. The molecule has 0 fully saturated rings. The Bertz CT molecular complexity index is 761. The fourth-order valence-electron chi connectivity index (χ4n) is 1.75. The summed E-state index contributed by atoms with van der Waals surface area (Å²) in [5.41, 5.74) is 7.61. The highest BCUT2D eigenvalue weighted by molar-refractivity contribution is 5.69. The lowest BCUT2D eigenvalue weighted by molar-refractivity contribution is 0.413. The van der Waals surface area contributed by atoms with Crippen molar-refractivity contribution < 1.29 is 9.47 Å². The van der Waals surface area contributed by atoms with E-state index in [1.165, 1.54) is 0 Å². The maximum atomic E-state index is 5.90. The zero-order valence-corrected chi connectivity index (χ0v) is 10.8. The van der Waals surface area contributed by atoms with Crippen molar-refractivity contribution in [3.05, 3.63) is 42.7 Å². The molecule has 0 atom stereocenters. The van der Waals surface area contributed by atoms with Crippen LogP contribution in [0.3, 0.4) is 0 Å². The summed E-state index contributed by atoms with van der Waals surface area (Å²) in [5, 5.41) is 0. The molecule has 0 bridgehead atoms. The van der Waals surface area contributed by atoms with Crippen LogP contribution in [-0.4, -0.2) is 22.1 Å². The van der Waals surface area contributed by atoms with Crippen LogP contribution in [0, 0.1) is 0 Å². The van der Waals surface area contributed by atoms with Crippen LogP contribution in [0.15, 0.2) is 42.7 Å². The highest BCUT2D eigenvalue weighted by Crippen LogP contribution is 2.30. The molecule has 1 aromatic carbocycles. The van der Waals surface area contributed by atoms with Crippen molar-refractivity contribution in [3.8, 4) is 17.4 Å². The average Bonchev–Trinajstić information content (AvgIpc) is 2.49. The van der Waals surface area contributed by atoms with E-state index in [1.807, 2.05) is 0 Å². The lowest BCUT2D eigenvalue weighted by Gasteiger charge is -2.09. The standard InChI is InChI=1S/C14H12N4O2/c1-19-9-2-4-12(10(15)8-9)20-13-5-3-11-14(18-13)17-7-6-16-11/h2-8H,15H2,1H3. The molecule has 0 aliphatic rings. The Morgan fingerprint density at radius 2 is 1.90 bits per heavy atom. The monoisotopic (exact) mass is 268 g/mol. The number of rotatable bonds is 3. The number of methoxy groups -OCH3 is 1. The van der Waals surface area contributed by atoms with Gasteiger partial charge in [0, 0.05) is 24.5 Å². The minimum absolute atomic E-state index is 0.412. The number of nitrogen functional groups attached to an aromatic ring is 1. The smallest absolute Gasteiger partial charge is 0.221 e. The van der Waals surface area contributed by atoms with Gasteiger partial charge in [0.05, 0.1) is 12.8 Å². The van der Waals surface area contributed by atoms with Gasteiger partial charge < -0.3 is 15.2 Å². The van der Waals surface area contributed by atoms with Crippen molar-refractivity contribution in [3.63, 3.8) is 0 Å². The molecule has 0 saturated heterocycles. The lowest BCUT2D eigenvalue weighted by atomic mass is 10.3. The van der Waals surface area contributed by atoms with Gasteiger partial charge in [-0.3, -0.25) is 4.98 Å². The minimum Gasteiger partial charge on any atom is -0.497 e. The van der Waals surface area contributed by atoms with Gasteiger partial charge in [-0.25, -0.2) is 4.98 Å². The summed E-state index contributed by atoms with van der Waals surface area (Å²) < 4.78 is 10.7. The first-order valence-corrected chi connectivity index (χ1v) is 5.95. The van der Waals surface area contributed by atoms with E-state index in [4.69, 9.17) is 15.2 Å². The summed E-state index contributed by atoms with van der Waals surface area (Å²) in [6, 6.07) is 8.71. The molecule has 0 saturated carbocycles. The van der Waals surface area contributed by atoms with E-state index in [9.17, 15) is 0 Å². The first kappa shape index (κ1) is 12.2. The van der Waals surface area contributed by atoms with Crippen molar-refractivity contribution in [1.29, 1.82) is 0 Å². The Balaban J connectivity index is 1.92. The number of aromatic nitrogens is 3. The second-order valence-corrected chi connectivity index (χ2v) is 4.05. The third kappa shape index (κ3) is 2.31. The molecule has 0 amide bonds. The van der Waals surface area contributed by atoms with E-state index in [0.29, 0.717) is 34.2 Å². The summed E-state index contributed by atoms with van der Waals surface area (Å²) in [7, 11) is 1.58. The predicted octanol–water partition coefficient (Wildman–Crippen LogP) is 2.41. The highest BCUT2D eigenvalue weighted by Gasteiger charge is 2.06. The second kappa shape index (κ2) is 5.00. The fraction of sp³-hybridized carbons (Fsp3) is 0.0714. The van der Waals surface area contributed by atoms with Gasteiger partial charge in [-0.2, -0.15) is 4.98 Å². The van der Waals surface area contributed by atoms with Gasteiger partial charge in [0.2, 0.25) is 5.88 Å². The molecule has 3 rings (SSSR count). The van der Waals surface area contributed by atoms with Gasteiger partial charge in [0.1, 0.15) is 11.3 Å². The van der Waals surface area contributed by atoms with E-state index < -0.39 is 0 Å². The number of fused-ring (bicyclic) bond motifs is 1. The molecule has 20 heavy (non-hydrogen) atoms. The third-order valence-electron chi connectivity index (χ3n) is 2.74. The number of pyridine rings is 1. The largest absolute Gasteiger partial charge is 0.497 e. The highest BCUT2D eigenvalue weighted by atomic mass is 16.5. The topological polar surface area (TPSA) is 83.2 Å². The third-order valence-corrected chi connectivity index (χ3v) is 2.74. The van der Waals surface area contributed by atoms with Crippen LogP contribution in [-0.2, 0) is 0 Å². The normalized spacial score (nSPS) is 10.4. The fourth-order valence-corrected chi connectivity index (χ4v) is 1.75. The summed E-state index contributed by atoms with van der Waals surface area (Å²) in [4.78, 5) is 12.5. The molecular weight excluding hydrogens is 256 g/mol. The molecule has 3 aromatic rings.